The summed E-state index contributed by atoms with van der Waals surface area (Å²) in [7, 11) is -2.95. The van der Waals surface area contributed by atoms with Gasteiger partial charge in [-0.3, -0.25) is 20.2 Å². The molecular formula is C13H10N2O8S. The first-order valence-electron chi connectivity index (χ1n) is 6.23. The van der Waals surface area contributed by atoms with Gasteiger partial charge in [-0.1, -0.05) is 0 Å². The molecule has 0 spiro atoms. The van der Waals surface area contributed by atoms with Crippen LogP contribution in [0, 0.1) is 20.2 Å². The van der Waals surface area contributed by atoms with Gasteiger partial charge in [0.05, 0.1) is 26.7 Å². The third-order valence-electron chi connectivity index (χ3n) is 3.11. The Kier molecular flexibility index (Phi) is 4.37. The number of nitrogens with zero attached hydrogens (tertiary/aromatic N) is 2. The van der Waals surface area contributed by atoms with Crippen LogP contribution in [-0.4, -0.2) is 30.5 Å². The van der Waals surface area contributed by atoms with E-state index in [4.69, 9.17) is 4.74 Å². The van der Waals surface area contributed by atoms with Gasteiger partial charge in [0.1, 0.15) is 0 Å². The van der Waals surface area contributed by atoms with E-state index in [2.05, 4.69) is 0 Å². The smallest absolute Gasteiger partial charge is 0.347 e. The minimum absolute atomic E-state index is 0.0450. The van der Waals surface area contributed by atoms with Crippen molar-refractivity contribution in [2.45, 2.75) is 9.79 Å². The molecule has 11 heteroatoms. The molecular weight excluding hydrogens is 344 g/mol. The highest BCUT2D eigenvalue weighted by atomic mass is 32.2. The van der Waals surface area contributed by atoms with Gasteiger partial charge >= 0.3 is 11.4 Å². The van der Waals surface area contributed by atoms with Gasteiger partial charge in [-0.15, -0.1) is 0 Å². The monoisotopic (exact) mass is 354 g/mol. The van der Waals surface area contributed by atoms with Gasteiger partial charge in [-0.25, -0.2) is 8.42 Å². The maximum absolute atomic E-state index is 12.5. The van der Waals surface area contributed by atoms with Crippen LogP contribution in [0.1, 0.15) is 0 Å². The summed E-state index contributed by atoms with van der Waals surface area (Å²) in [5.41, 5.74) is -1.77. The van der Waals surface area contributed by atoms with Gasteiger partial charge in [0.2, 0.25) is 9.84 Å². The number of hydrogen-bond acceptors (Lipinski definition) is 8. The largest absolute Gasteiger partial charge is 0.504 e. The Hall–Kier alpha value is -3.21. The van der Waals surface area contributed by atoms with E-state index in [0.717, 1.165) is 24.3 Å². The Morgan fingerprint density at radius 1 is 0.958 bits per heavy atom. The van der Waals surface area contributed by atoms with E-state index in [0.29, 0.717) is 6.07 Å². The molecule has 126 valence electrons. The number of phenolic OH excluding ortho intramolecular Hbond substituents is 1. The Bertz CT molecular complexity index is 939. The fraction of sp³-hybridized carbons (Fsp3) is 0.0769. The molecule has 2 rings (SSSR count). The number of nitro benzene ring substituents is 2. The van der Waals surface area contributed by atoms with Crippen LogP contribution in [0.2, 0.25) is 0 Å². The quantitative estimate of drug-likeness (QED) is 0.633. The average molecular weight is 354 g/mol. The highest BCUT2D eigenvalue weighted by molar-refractivity contribution is 7.91. The first-order valence-corrected chi connectivity index (χ1v) is 7.71. The third kappa shape index (κ3) is 2.96. The maximum Gasteiger partial charge on any atom is 0.347 e. The molecule has 0 saturated carbocycles. The first kappa shape index (κ1) is 17.1. The summed E-state index contributed by atoms with van der Waals surface area (Å²) in [6.45, 7) is 0. The van der Waals surface area contributed by atoms with Crippen LogP contribution in [0.15, 0.2) is 46.2 Å². The molecule has 0 aliphatic rings. The lowest BCUT2D eigenvalue weighted by atomic mass is 10.3. The summed E-state index contributed by atoms with van der Waals surface area (Å²) in [6.07, 6.45) is 0. The highest BCUT2D eigenvalue weighted by Crippen LogP contribution is 2.34. The van der Waals surface area contributed by atoms with Crippen molar-refractivity contribution in [3.05, 3.63) is 56.6 Å². The minimum atomic E-state index is -4.23. The summed E-state index contributed by atoms with van der Waals surface area (Å²) in [4.78, 5) is 18.8. The summed E-state index contributed by atoms with van der Waals surface area (Å²) in [5, 5.41) is 31.4. The lowest BCUT2D eigenvalue weighted by Gasteiger charge is -2.08. The molecule has 0 aliphatic carbocycles. The molecule has 2 aromatic carbocycles. The zero-order valence-corrected chi connectivity index (χ0v) is 12.9. The average Bonchev–Trinajstić information content (AvgIpc) is 2.53. The van der Waals surface area contributed by atoms with Crippen molar-refractivity contribution in [3.63, 3.8) is 0 Å². The van der Waals surface area contributed by atoms with E-state index < -0.39 is 41.7 Å². The Labute approximate surface area is 135 Å². The number of benzene rings is 2. The van der Waals surface area contributed by atoms with Crippen LogP contribution >= 0.6 is 0 Å². The summed E-state index contributed by atoms with van der Waals surface area (Å²) < 4.78 is 29.8. The molecule has 0 radical (unpaired) electrons. The highest BCUT2D eigenvalue weighted by Gasteiger charge is 2.29. The molecule has 0 atom stereocenters. The standard InChI is InChI=1S/C13H10N2O8S/c1-23-13-5-3-9(7-12(13)16)24(21,22)8-2-4-10(14(17)18)11(6-8)15(19)20/h2-7,16H,1H3. The molecule has 24 heavy (non-hydrogen) atoms. The zero-order valence-electron chi connectivity index (χ0n) is 12.1. The molecule has 0 heterocycles. The number of phenols is 1. The van der Waals surface area contributed by atoms with Gasteiger partial charge < -0.3 is 9.84 Å². The fourth-order valence-electron chi connectivity index (χ4n) is 1.94. The summed E-state index contributed by atoms with van der Waals surface area (Å²) in [6, 6.07) is 5.51. The van der Waals surface area contributed by atoms with E-state index in [1.807, 2.05) is 0 Å². The van der Waals surface area contributed by atoms with Gasteiger partial charge in [-0.05, 0) is 18.2 Å². The molecule has 0 amide bonds. The third-order valence-corrected chi connectivity index (χ3v) is 4.86. The van der Waals surface area contributed by atoms with Crippen LogP contribution < -0.4 is 4.74 Å². The second-order valence-electron chi connectivity index (χ2n) is 4.50. The summed E-state index contributed by atoms with van der Waals surface area (Å²) >= 11 is 0. The molecule has 1 N–H and O–H groups in total. The Balaban J connectivity index is 2.62. The van der Waals surface area contributed by atoms with E-state index in [-0.39, 0.29) is 10.6 Å². The molecule has 0 fully saturated rings. The number of aromatic hydroxyl groups is 1. The lowest BCUT2D eigenvalue weighted by Crippen LogP contribution is -2.04. The van der Waals surface area contributed by atoms with Crippen LogP contribution in [-0.2, 0) is 9.84 Å². The zero-order chi connectivity index (χ0) is 18.1. The van der Waals surface area contributed by atoms with Crippen LogP contribution in [0.25, 0.3) is 0 Å². The van der Waals surface area contributed by atoms with Gasteiger partial charge in [-0.2, -0.15) is 0 Å². The molecule has 0 saturated heterocycles. The topological polar surface area (TPSA) is 150 Å². The number of methoxy groups -OCH3 is 1. The predicted molar refractivity (Wildman–Crippen MR) is 79.9 cm³/mol. The number of nitro groups is 2. The second-order valence-corrected chi connectivity index (χ2v) is 6.45. The normalized spacial score (nSPS) is 11.0. The van der Waals surface area contributed by atoms with E-state index in [1.165, 1.54) is 13.2 Å². The SMILES string of the molecule is COc1ccc(S(=O)(=O)c2ccc([N+](=O)[O-])c([N+](=O)[O-])c2)cc1O. The van der Waals surface area contributed by atoms with Crippen LogP contribution in [0.5, 0.6) is 11.5 Å². The lowest BCUT2D eigenvalue weighted by molar-refractivity contribution is -0.422. The Morgan fingerprint density at radius 2 is 1.50 bits per heavy atom. The van der Waals surface area contributed by atoms with Crippen molar-refractivity contribution in [2.24, 2.45) is 0 Å². The number of rotatable bonds is 5. The number of ether oxygens (including phenoxy) is 1. The van der Waals surface area contributed by atoms with Crippen molar-refractivity contribution in [3.8, 4) is 11.5 Å². The number of hydrogen-bond donors (Lipinski definition) is 1. The van der Waals surface area contributed by atoms with Crippen LogP contribution in [0.3, 0.4) is 0 Å². The Morgan fingerprint density at radius 3 is 2.00 bits per heavy atom. The van der Waals surface area contributed by atoms with E-state index in [9.17, 15) is 33.8 Å². The van der Waals surface area contributed by atoms with Gasteiger partial charge in [0.25, 0.3) is 0 Å². The fourth-order valence-corrected chi connectivity index (χ4v) is 3.24. The number of sulfone groups is 1. The molecule has 2 aromatic rings. The molecule has 0 unspecified atom stereocenters. The van der Waals surface area contributed by atoms with Crippen molar-refractivity contribution in [1.29, 1.82) is 0 Å². The molecule has 10 nitrogen and oxygen atoms in total. The van der Waals surface area contributed by atoms with Crippen LogP contribution in [0.4, 0.5) is 11.4 Å². The first-order chi connectivity index (χ1) is 11.2. The van der Waals surface area contributed by atoms with Crippen molar-refractivity contribution in [1.82, 2.24) is 0 Å². The van der Waals surface area contributed by atoms with Crippen molar-refractivity contribution >= 4 is 21.2 Å². The van der Waals surface area contributed by atoms with E-state index in [1.54, 1.807) is 0 Å². The maximum atomic E-state index is 12.5. The predicted octanol–water partition coefficient (Wildman–Crippen LogP) is 2.05. The summed E-state index contributed by atoms with van der Waals surface area (Å²) in [5.74, 6) is -0.390. The molecule has 0 aliphatic heterocycles. The molecule has 0 bridgehead atoms. The second kappa shape index (κ2) is 6.12. The van der Waals surface area contributed by atoms with Crippen molar-refractivity contribution < 1.29 is 28.1 Å². The van der Waals surface area contributed by atoms with Gasteiger partial charge in [0, 0.05) is 18.2 Å². The van der Waals surface area contributed by atoms with Gasteiger partial charge in [0.15, 0.2) is 11.5 Å². The molecule has 0 aromatic heterocycles. The van der Waals surface area contributed by atoms with E-state index >= 15 is 0 Å². The van der Waals surface area contributed by atoms with Crippen molar-refractivity contribution in [2.75, 3.05) is 7.11 Å². The minimum Gasteiger partial charge on any atom is -0.504 e.